The number of sulfonamides is 1. The van der Waals surface area contributed by atoms with Crippen LogP contribution in [-0.4, -0.2) is 82.0 Å². The van der Waals surface area contributed by atoms with E-state index in [1.54, 1.807) is 29.6 Å². The molecule has 1 saturated heterocycles. The van der Waals surface area contributed by atoms with E-state index in [-0.39, 0.29) is 46.6 Å². The molecule has 0 aliphatic carbocycles. The molecule has 208 valence electrons. The molecular formula is C23H36Cl2N6O5S. The first-order chi connectivity index (χ1) is 16.3. The number of aromatic nitrogens is 4. The Bertz CT molecular complexity index is 1350. The number of piperazine rings is 1. The third-order valence-electron chi connectivity index (χ3n) is 6.14. The molecule has 1 fully saturated rings. The molecule has 4 rings (SSSR count). The number of imidazole rings is 1. The van der Waals surface area contributed by atoms with Crippen LogP contribution in [0.2, 0.25) is 0 Å². The molecule has 0 bridgehead atoms. The Balaban J connectivity index is 0.00000228. The molecule has 3 aromatic rings. The Kier molecular flexibility index (Phi) is 12.0. The zero-order valence-corrected chi connectivity index (χ0v) is 23.9. The molecule has 3 heterocycles. The van der Waals surface area contributed by atoms with E-state index < -0.39 is 10.0 Å². The van der Waals surface area contributed by atoms with Gasteiger partial charge in [-0.25, -0.2) is 17.9 Å². The van der Waals surface area contributed by atoms with Crippen molar-refractivity contribution >= 4 is 40.4 Å². The van der Waals surface area contributed by atoms with E-state index in [0.29, 0.717) is 67.6 Å². The van der Waals surface area contributed by atoms with Gasteiger partial charge < -0.3 is 20.1 Å². The van der Waals surface area contributed by atoms with E-state index in [4.69, 9.17) is 4.74 Å². The minimum atomic E-state index is -3.71. The molecule has 1 aromatic carbocycles. The monoisotopic (exact) mass is 578 g/mol. The second-order valence-corrected chi connectivity index (χ2v) is 10.3. The first-order valence-electron chi connectivity index (χ1n) is 11.8. The van der Waals surface area contributed by atoms with Crippen LogP contribution in [0.3, 0.4) is 0 Å². The van der Waals surface area contributed by atoms with Crippen LogP contribution in [0, 0.1) is 6.92 Å². The topological polar surface area (TPSA) is 144 Å². The lowest BCUT2D eigenvalue weighted by Gasteiger charge is -2.33. The van der Waals surface area contributed by atoms with Crippen LogP contribution >= 0.6 is 24.8 Å². The molecular weight excluding hydrogens is 543 g/mol. The highest BCUT2D eigenvalue weighted by molar-refractivity contribution is 7.89. The third-order valence-corrected chi connectivity index (χ3v) is 8.03. The van der Waals surface area contributed by atoms with Gasteiger partial charge in [0.25, 0.3) is 5.56 Å². The van der Waals surface area contributed by atoms with Gasteiger partial charge in [-0.15, -0.1) is 29.9 Å². The lowest BCUT2D eigenvalue weighted by Crippen LogP contribution is -2.48. The van der Waals surface area contributed by atoms with Gasteiger partial charge in [-0.3, -0.25) is 4.79 Å². The Labute approximate surface area is 229 Å². The lowest BCUT2D eigenvalue weighted by atomic mass is 10.2. The summed E-state index contributed by atoms with van der Waals surface area (Å²) in [6.07, 6.45) is 1.52. The standard InChI is InChI=1S/C23H32N6O4S.2ClH.H2O/c1-5-8-20-24-16(4)21-23(30)25-22(26-29(20)21)18-15-17(9-10-19(18)33-7-3)34(31,32)28-13-11-27(6-2)12-14-28;;;/h9-10,15H,5-8,11-14H2,1-4H3,(H,25,26,30);2*1H;1H2. The van der Waals surface area contributed by atoms with Crippen LogP contribution in [0.4, 0.5) is 0 Å². The number of aryl methyl sites for hydroxylation is 2. The van der Waals surface area contributed by atoms with E-state index in [1.807, 2.05) is 13.8 Å². The number of benzene rings is 1. The van der Waals surface area contributed by atoms with Crippen molar-refractivity contribution in [2.24, 2.45) is 0 Å². The summed E-state index contributed by atoms with van der Waals surface area (Å²) in [6.45, 7) is 11.3. The van der Waals surface area contributed by atoms with Crippen LogP contribution in [0.5, 0.6) is 5.75 Å². The maximum absolute atomic E-state index is 13.4. The summed E-state index contributed by atoms with van der Waals surface area (Å²) >= 11 is 0. The van der Waals surface area contributed by atoms with Crippen molar-refractivity contribution in [1.29, 1.82) is 0 Å². The van der Waals surface area contributed by atoms with Crippen molar-refractivity contribution in [1.82, 2.24) is 28.8 Å². The Morgan fingerprint density at radius 3 is 2.35 bits per heavy atom. The van der Waals surface area contributed by atoms with Gasteiger partial charge in [0.2, 0.25) is 10.0 Å². The highest BCUT2D eigenvalue weighted by Gasteiger charge is 2.29. The van der Waals surface area contributed by atoms with Crippen molar-refractivity contribution in [3.63, 3.8) is 0 Å². The summed E-state index contributed by atoms with van der Waals surface area (Å²) in [5.41, 5.74) is 1.09. The molecule has 0 radical (unpaired) electrons. The highest BCUT2D eigenvalue weighted by Crippen LogP contribution is 2.31. The summed E-state index contributed by atoms with van der Waals surface area (Å²) in [5, 5.41) is 4.65. The van der Waals surface area contributed by atoms with Crippen LogP contribution in [0.1, 0.15) is 38.7 Å². The molecule has 0 unspecified atom stereocenters. The largest absolute Gasteiger partial charge is 0.493 e. The van der Waals surface area contributed by atoms with Crippen molar-refractivity contribution in [3.05, 3.63) is 40.1 Å². The van der Waals surface area contributed by atoms with Crippen LogP contribution in [-0.2, 0) is 16.4 Å². The quantitative estimate of drug-likeness (QED) is 0.430. The van der Waals surface area contributed by atoms with Gasteiger partial charge in [-0.2, -0.15) is 4.31 Å². The number of aromatic amines is 1. The zero-order valence-electron chi connectivity index (χ0n) is 21.5. The Hall–Kier alpha value is -2.22. The fourth-order valence-corrected chi connectivity index (χ4v) is 5.76. The third kappa shape index (κ3) is 6.44. The first kappa shape index (κ1) is 32.8. The maximum Gasteiger partial charge on any atom is 0.277 e. The van der Waals surface area contributed by atoms with E-state index in [9.17, 15) is 13.2 Å². The average Bonchev–Trinajstić information content (AvgIpc) is 3.15. The lowest BCUT2D eigenvalue weighted by molar-refractivity contribution is 0.196. The molecule has 0 saturated carbocycles. The number of nitrogens with one attached hydrogen (secondary N) is 1. The number of rotatable bonds is 8. The number of ether oxygens (including phenoxy) is 1. The number of H-pyrrole nitrogens is 1. The molecule has 14 heteroatoms. The van der Waals surface area contributed by atoms with Crippen molar-refractivity contribution in [2.75, 3.05) is 39.3 Å². The maximum atomic E-state index is 13.4. The summed E-state index contributed by atoms with van der Waals surface area (Å²) in [6, 6.07) is 4.72. The second kappa shape index (κ2) is 13.5. The van der Waals surface area contributed by atoms with E-state index in [0.717, 1.165) is 13.0 Å². The Morgan fingerprint density at radius 2 is 1.76 bits per heavy atom. The molecule has 3 N–H and O–H groups in total. The smallest absolute Gasteiger partial charge is 0.277 e. The van der Waals surface area contributed by atoms with E-state index in [1.165, 1.54) is 4.31 Å². The normalized spacial score (nSPS) is 14.5. The number of likely N-dealkylation sites (N-methyl/N-ethyl adjacent to an activating group) is 1. The second-order valence-electron chi connectivity index (χ2n) is 8.36. The van der Waals surface area contributed by atoms with E-state index >= 15 is 0 Å². The summed E-state index contributed by atoms with van der Waals surface area (Å²) in [5.74, 6) is 1.38. The molecule has 0 spiro atoms. The average molecular weight is 580 g/mol. The highest BCUT2D eigenvalue weighted by atomic mass is 35.5. The summed E-state index contributed by atoms with van der Waals surface area (Å²) < 4.78 is 35.7. The number of halogens is 2. The minimum Gasteiger partial charge on any atom is -0.493 e. The Morgan fingerprint density at radius 1 is 1.08 bits per heavy atom. The number of hydrogen-bond donors (Lipinski definition) is 1. The molecule has 0 amide bonds. The molecule has 2 aromatic heterocycles. The van der Waals surface area contributed by atoms with E-state index in [2.05, 4.69) is 26.9 Å². The molecule has 11 nitrogen and oxygen atoms in total. The fraction of sp³-hybridized carbons (Fsp3) is 0.522. The molecule has 37 heavy (non-hydrogen) atoms. The van der Waals surface area contributed by atoms with Crippen molar-refractivity contribution < 1.29 is 18.6 Å². The van der Waals surface area contributed by atoms with Gasteiger partial charge >= 0.3 is 0 Å². The zero-order chi connectivity index (χ0) is 24.5. The van der Waals surface area contributed by atoms with Gasteiger partial charge in [0.05, 0.1) is 22.8 Å². The fourth-order valence-electron chi connectivity index (χ4n) is 4.31. The van der Waals surface area contributed by atoms with Crippen LogP contribution in [0.25, 0.3) is 16.9 Å². The van der Waals surface area contributed by atoms with Crippen LogP contribution < -0.4 is 10.3 Å². The van der Waals surface area contributed by atoms with Crippen molar-refractivity contribution in [3.8, 4) is 17.1 Å². The SMILES string of the molecule is CCCc1nc(C)c2c(=O)[nH]c(-c3cc(S(=O)(=O)N4CCN(CC)CC4)ccc3OCC)nn12.Cl.Cl.O. The van der Waals surface area contributed by atoms with Crippen molar-refractivity contribution in [2.45, 2.75) is 45.4 Å². The molecule has 0 atom stereocenters. The van der Waals surface area contributed by atoms with Crippen LogP contribution in [0.15, 0.2) is 27.9 Å². The number of hydrogen-bond acceptors (Lipinski definition) is 7. The number of fused-ring (bicyclic) bond motifs is 1. The minimum absolute atomic E-state index is 0. The molecule has 1 aliphatic rings. The van der Waals surface area contributed by atoms with Gasteiger partial charge in [0, 0.05) is 32.6 Å². The summed E-state index contributed by atoms with van der Waals surface area (Å²) in [4.78, 5) is 22.6. The van der Waals surface area contributed by atoms with Gasteiger partial charge in [0.15, 0.2) is 11.3 Å². The predicted molar refractivity (Wildman–Crippen MR) is 148 cm³/mol. The summed E-state index contributed by atoms with van der Waals surface area (Å²) in [7, 11) is -3.71. The predicted octanol–water partition coefficient (Wildman–Crippen LogP) is 2.09. The number of nitrogens with zero attached hydrogens (tertiary/aromatic N) is 5. The van der Waals surface area contributed by atoms with Gasteiger partial charge in [0.1, 0.15) is 11.6 Å². The first-order valence-corrected chi connectivity index (χ1v) is 13.2. The van der Waals surface area contributed by atoms with Gasteiger partial charge in [-0.05, 0) is 45.0 Å². The molecule has 1 aliphatic heterocycles. The van der Waals surface area contributed by atoms with Gasteiger partial charge in [-0.1, -0.05) is 13.8 Å².